The second kappa shape index (κ2) is 4.79. The Kier molecular flexibility index (Phi) is 2.67. The predicted molar refractivity (Wildman–Crippen MR) is 82.4 cm³/mol. The third-order valence-electron chi connectivity index (χ3n) is 3.19. The molecule has 0 spiro atoms. The minimum Gasteiger partial charge on any atom is -0.339 e. The second-order valence-corrected chi connectivity index (χ2v) is 4.64. The Balaban J connectivity index is 1.71. The summed E-state index contributed by atoms with van der Waals surface area (Å²) in [6.45, 7) is 0. The van der Waals surface area contributed by atoms with E-state index in [9.17, 15) is 0 Å². The molecular weight excluding hydrogens is 262 g/mol. The van der Waals surface area contributed by atoms with Crippen LogP contribution in [0.4, 0.5) is 11.5 Å². The second-order valence-electron chi connectivity index (χ2n) is 4.64. The molecule has 1 N–H and O–H groups in total. The number of fused-ring (bicyclic) bond motifs is 2. The van der Waals surface area contributed by atoms with Crippen LogP contribution in [0.25, 0.3) is 22.1 Å². The van der Waals surface area contributed by atoms with Crippen LogP contribution in [0.1, 0.15) is 0 Å². The summed E-state index contributed by atoms with van der Waals surface area (Å²) in [6.07, 6.45) is 5.20. The monoisotopic (exact) mass is 273 g/mol. The van der Waals surface area contributed by atoms with E-state index >= 15 is 0 Å². The van der Waals surface area contributed by atoms with E-state index in [2.05, 4.69) is 25.3 Å². The molecule has 21 heavy (non-hydrogen) atoms. The molecule has 0 radical (unpaired) electrons. The third kappa shape index (κ3) is 2.25. The molecule has 4 rings (SSSR count). The Morgan fingerprint density at radius 3 is 2.71 bits per heavy atom. The summed E-state index contributed by atoms with van der Waals surface area (Å²) in [7, 11) is 0. The van der Waals surface area contributed by atoms with Crippen LogP contribution in [-0.2, 0) is 0 Å². The summed E-state index contributed by atoms with van der Waals surface area (Å²) >= 11 is 0. The molecule has 3 aromatic heterocycles. The lowest BCUT2D eigenvalue weighted by Gasteiger charge is -2.06. The molecule has 3 heterocycles. The van der Waals surface area contributed by atoms with Crippen LogP contribution >= 0.6 is 0 Å². The fourth-order valence-electron chi connectivity index (χ4n) is 2.21. The highest BCUT2D eigenvalue weighted by Crippen LogP contribution is 2.20. The first kappa shape index (κ1) is 11.7. The fourth-order valence-corrected chi connectivity index (χ4v) is 2.21. The van der Waals surface area contributed by atoms with Crippen molar-refractivity contribution in [1.29, 1.82) is 0 Å². The van der Waals surface area contributed by atoms with Gasteiger partial charge < -0.3 is 5.32 Å². The van der Waals surface area contributed by atoms with Crippen molar-refractivity contribution in [3.63, 3.8) is 0 Å². The van der Waals surface area contributed by atoms with Crippen LogP contribution in [0.3, 0.4) is 0 Å². The van der Waals surface area contributed by atoms with Gasteiger partial charge in [0.2, 0.25) is 0 Å². The van der Waals surface area contributed by atoms with E-state index in [1.165, 1.54) is 0 Å². The topological polar surface area (TPSA) is 63.6 Å². The summed E-state index contributed by atoms with van der Waals surface area (Å²) in [5.41, 5.74) is 3.32. The lowest BCUT2D eigenvalue weighted by Crippen LogP contribution is -1.96. The van der Waals surface area contributed by atoms with Crippen LogP contribution < -0.4 is 5.32 Å². The van der Waals surface area contributed by atoms with E-state index in [4.69, 9.17) is 0 Å². The molecule has 0 unspecified atom stereocenters. The fraction of sp³-hybridized carbons (Fsp3) is 0. The normalized spacial score (nSPS) is 10.9. The highest BCUT2D eigenvalue weighted by molar-refractivity contribution is 5.83. The molecule has 5 heteroatoms. The molecule has 0 aliphatic rings. The molecule has 0 amide bonds. The standard InChI is InChI=1S/C16H11N5/c1-3-11-9-12(5-6-13(11)17-7-1)20-15-10-19-14-4-2-8-18-16(14)21-15/h1-10H,(H,18,20,21). The van der Waals surface area contributed by atoms with E-state index in [1.807, 2.05) is 42.5 Å². The molecule has 0 saturated carbocycles. The smallest absolute Gasteiger partial charge is 0.180 e. The summed E-state index contributed by atoms with van der Waals surface area (Å²) in [5, 5.41) is 4.32. The highest BCUT2D eigenvalue weighted by Gasteiger charge is 2.02. The first-order valence-electron chi connectivity index (χ1n) is 6.58. The average Bonchev–Trinajstić information content (AvgIpc) is 2.55. The predicted octanol–water partition coefficient (Wildman–Crippen LogP) is 3.32. The van der Waals surface area contributed by atoms with Gasteiger partial charge in [0.15, 0.2) is 11.5 Å². The molecular formula is C16H11N5. The van der Waals surface area contributed by atoms with E-state index in [0.717, 1.165) is 22.1 Å². The van der Waals surface area contributed by atoms with Crippen molar-refractivity contribution in [3.8, 4) is 0 Å². The van der Waals surface area contributed by atoms with Crippen molar-refractivity contribution in [2.24, 2.45) is 0 Å². The maximum absolute atomic E-state index is 4.45. The van der Waals surface area contributed by atoms with Crippen molar-refractivity contribution < 1.29 is 0 Å². The maximum Gasteiger partial charge on any atom is 0.180 e. The minimum absolute atomic E-state index is 0.630. The molecule has 0 bridgehead atoms. The molecule has 4 aromatic rings. The van der Waals surface area contributed by atoms with Crippen molar-refractivity contribution >= 4 is 33.6 Å². The number of aromatic nitrogens is 4. The van der Waals surface area contributed by atoms with Crippen molar-refractivity contribution in [2.45, 2.75) is 0 Å². The number of nitrogens with zero attached hydrogens (tertiary/aromatic N) is 4. The number of benzene rings is 1. The van der Waals surface area contributed by atoms with Gasteiger partial charge in [-0.05, 0) is 36.4 Å². The third-order valence-corrected chi connectivity index (χ3v) is 3.19. The van der Waals surface area contributed by atoms with E-state index < -0.39 is 0 Å². The zero-order valence-electron chi connectivity index (χ0n) is 11.1. The Labute approximate surface area is 120 Å². The van der Waals surface area contributed by atoms with Crippen LogP contribution in [0.5, 0.6) is 0 Å². The first-order chi connectivity index (χ1) is 10.4. The lowest BCUT2D eigenvalue weighted by atomic mass is 10.2. The van der Waals surface area contributed by atoms with E-state index in [-0.39, 0.29) is 0 Å². The van der Waals surface area contributed by atoms with Gasteiger partial charge >= 0.3 is 0 Å². The number of hydrogen-bond donors (Lipinski definition) is 1. The van der Waals surface area contributed by atoms with Gasteiger partial charge in [-0.25, -0.2) is 15.0 Å². The SMILES string of the molecule is c1cnc2ccc(Nc3cnc4cccnc4n3)cc2c1. The largest absolute Gasteiger partial charge is 0.339 e. The Morgan fingerprint density at radius 1 is 0.810 bits per heavy atom. The summed E-state index contributed by atoms with van der Waals surface area (Å²) in [6, 6.07) is 13.7. The van der Waals surface area contributed by atoms with Gasteiger partial charge in [0.1, 0.15) is 5.52 Å². The molecule has 0 aliphatic carbocycles. The van der Waals surface area contributed by atoms with Gasteiger partial charge in [-0.15, -0.1) is 0 Å². The Morgan fingerprint density at radius 2 is 1.71 bits per heavy atom. The zero-order valence-corrected chi connectivity index (χ0v) is 11.1. The van der Waals surface area contributed by atoms with Crippen molar-refractivity contribution in [3.05, 3.63) is 61.1 Å². The Bertz CT molecular complexity index is 858. The van der Waals surface area contributed by atoms with Gasteiger partial charge in [-0.3, -0.25) is 4.98 Å². The number of anilines is 2. The van der Waals surface area contributed by atoms with Gasteiger partial charge in [0, 0.05) is 23.5 Å². The van der Waals surface area contributed by atoms with Gasteiger partial charge in [-0.2, -0.15) is 0 Å². The number of nitrogens with one attached hydrogen (secondary N) is 1. The zero-order chi connectivity index (χ0) is 14.1. The van der Waals surface area contributed by atoms with Crippen LogP contribution in [0.15, 0.2) is 61.1 Å². The molecule has 0 atom stereocenters. The van der Waals surface area contributed by atoms with Crippen LogP contribution in [0, 0.1) is 0 Å². The summed E-state index contributed by atoms with van der Waals surface area (Å²) in [5.74, 6) is 0.671. The van der Waals surface area contributed by atoms with Crippen LogP contribution in [0.2, 0.25) is 0 Å². The number of rotatable bonds is 2. The van der Waals surface area contributed by atoms with Crippen LogP contribution in [-0.4, -0.2) is 19.9 Å². The first-order valence-corrected chi connectivity index (χ1v) is 6.58. The average molecular weight is 273 g/mol. The molecule has 5 nitrogen and oxygen atoms in total. The van der Waals surface area contributed by atoms with E-state index in [1.54, 1.807) is 18.6 Å². The molecule has 100 valence electrons. The van der Waals surface area contributed by atoms with Gasteiger partial charge in [0.25, 0.3) is 0 Å². The minimum atomic E-state index is 0.630. The van der Waals surface area contributed by atoms with Gasteiger partial charge in [-0.1, -0.05) is 6.07 Å². The highest BCUT2D eigenvalue weighted by atomic mass is 15.0. The Hall–Kier alpha value is -3.08. The molecule has 0 saturated heterocycles. The molecule has 0 fully saturated rings. The molecule has 0 aliphatic heterocycles. The lowest BCUT2D eigenvalue weighted by molar-refractivity contribution is 1.22. The molecule has 1 aromatic carbocycles. The quantitative estimate of drug-likeness (QED) is 0.607. The van der Waals surface area contributed by atoms with E-state index in [0.29, 0.717) is 11.5 Å². The maximum atomic E-state index is 4.45. The summed E-state index contributed by atoms with van der Waals surface area (Å²) < 4.78 is 0. The van der Waals surface area contributed by atoms with Crippen molar-refractivity contribution in [1.82, 2.24) is 19.9 Å². The van der Waals surface area contributed by atoms with Gasteiger partial charge in [0.05, 0.1) is 11.7 Å². The van der Waals surface area contributed by atoms with Crippen molar-refractivity contribution in [2.75, 3.05) is 5.32 Å². The number of hydrogen-bond acceptors (Lipinski definition) is 5. The summed E-state index contributed by atoms with van der Waals surface area (Å²) in [4.78, 5) is 17.3. The number of pyridine rings is 2.